The van der Waals surface area contributed by atoms with Crippen LogP contribution in [-0.2, 0) is 26.1 Å². The number of rotatable bonds is 5. The second-order valence-corrected chi connectivity index (χ2v) is 7.85. The molecule has 2 amide bonds. The Morgan fingerprint density at radius 1 is 1.25 bits per heavy atom. The summed E-state index contributed by atoms with van der Waals surface area (Å²) in [5.74, 6) is 1.15. The summed E-state index contributed by atoms with van der Waals surface area (Å²) in [7, 11) is 1.78. The summed E-state index contributed by atoms with van der Waals surface area (Å²) in [6.45, 7) is 1.66. The Morgan fingerprint density at radius 3 is 2.71 bits per heavy atom. The number of fused-ring (bicyclic) bond motifs is 1. The number of carbonyl (C=O) groups is 1. The van der Waals surface area contributed by atoms with Crippen molar-refractivity contribution in [3.05, 3.63) is 52.0 Å². The lowest BCUT2D eigenvalue weighted by Gasteiger charge is -2.27. The summed E-state index contributed by atoms with van der Waals surface area (Å²) in [5.41, 5.74) is 0.825. The molecule has 1 saturated carbocycles. The molecule has 150 valence electrons. The summed E-state index contributed by atoms with van der Waals surface area (Å²) >= 11 is 0. The number of carbonyl (C=O) groups excluding carboxylic acids is 1. The summed E-state index contributed by atoms with van der Waals surface area (Å²) in [5, 5.41) is 7.41. The second-order valence-electron chi connectivity index (χ2n) is 7.85. The third-order valence-corrected chi connectivity index (χ3v) is 5.74. The van der Waals surface area contributed by atoms with Gasteiger partial charge in [-0.15, -0.1) is 0 Å². The highest BCUT2D eigenvalue weighted by Crippen LogP contribution is 2.30. The summed E-state index contributed by atoms with van der Waals surface area (Å²) < 4.78 is 16.4. The first kappa shape index (κ1) is 18.7. The molecular weight excluding hydrogens is 361 g/mol. The van der Waals surface area contributed by atoms with Gasteiger partial charge in [-0.3, -0.25) is 4.57 Å². The van der Waals surface area contributed by atoms with Gasteiger partial charge in [0.15, 0.2) is 0 Å². The summed E-state index contributed by atoms with van der Waals surface area (Å²) in [6.07, 6.45) is 4.57. The largest absolute Gasteiger partial charge is 0.345 e. The number of amides is 2. The van der Waals surface area contributed by atoms with Crippen LogP contribution >= 0.6 is 0 Å². The van der Waals surface area contributed by atoms with Gasteiger partial charge in [-0.25, -0.2) is 18.7 Å². The number of urea groups is 1. The summed E-state index contributed by atoms with van der Waals surface area (Å²) in [6, 6.07) is 5.97. The SMILES string of the molecule is CN(C(=O)NCc1ccc(F)cc1)C1CCc2nn(CC3CC3)c(=O)n2CC1. The molecule has 2 aliphatic rings. The smallest absolute Gasteiger partial charge is 0.334 e. The van der Waals surface area contributed by atoms with E-state index in [0.29, 0.717) is 25.4 Å². The van der Waals surface area contributed by atoms with Crippen LogP contribution in [0.4, 0.5) is 9.18 Å². The molecule has 1 aromatic heterocycles. The minimum absolute atomic E-state index is 0.0223. The van der Waals surface area contributed by atoms with Crippen molar-refractivity contribution in [1.82, 2.24) is 24.6 Å². The topological polar surface area (TPSA) is 72.2 Å². The Hall–Kier alpha value is -2.64. The van der Waals surface area contributed by atoms with E-state index in [1.165, 1.54) is 25.0 Å². The van der Waals surface area contributed by atoms with Gasteiger partial charge >= 0.3 is 11.7 Å². The lowest BCUT2D eigenvalue weighted by molar-refractivity contribution is 0.182. The van der Waals surface area contributed by atoms with E-state index < -0.39 is 0 Å². The van der Waals surface area contributed by atoms with E-state index in [1.54, 1.807) is 33.3 Å². The molecule has 0 spiro atoms. The molecule has 1 fully saturated rings. The molecule has 1 unspecified atom stereocenters. The fourth-order valence-corrected chi connectivity index (χ4v) is 3.74. The maximum atomic E-state index is 13.0. The number of aromatic nitrogens is 3. The molecule has 8 heteroatoms. The van der Waals surface area contributed by atoms with Gasteiger partial charge in [0.25, 0.3) is 0 Å². The third-order valence-electron chi connectivity index (χ3n) is 5.74. The first-order valence-corrected chi connectivity index (χ1v) is 9.93. The normalized spacial score (nSPS) is 19.0. The highest BCUT2D eigenvalue weighted by molar-refractivity contribution is 5.74. The first-order chi connectivity index (χ1) is 13.5. The fourth-order valence-electron chi connectivity index (χ4n) is 3.74. The number of aryl methyl sites for hydroxylation is 1. The number of hydrogen-bond donors (Lipinski definition) is 1. The zero-order valence-corrected chi connectivity index (χ0v) is 16.1. The maximum absolute atomic E-state index is 13.0. The predicted molar refractivity (Wildman–Crippen MR) is 102 cm³/mol. The van der Waals surface area contributed by atoms with Crippen molar-refractivity contribution in [2.45, 2.75) is 57.8 Å². The average Bonchev–Trinajstić information content (AvgIpc) is 3.49. The molecular formula is C20H26FN5O2. The van der Waals surface area contributed by atoms with E-state index in [-0.39, 0.29) is 23.6 Å². The highest BCUT2D eigenvalue weighted by Gasteiger charge is 2.28. The molecule has 0 bridgehead atoms. The number of nitrogens with one attached hydrogen (secondary N) is 1. The fraction of sp³-hybridized carbons (Fsp3) is 0.550. The van der Waals surface area contributed by atoms with Crippen LogP contribution in [0.1, 0.15) is 37.1 Å². The Labute approximate surface area is 163 Å². The van der Waals surface area contributed by atoms with E-state index in [1.807, 2.05) is 0 Å². The Bertz CT molecular complexity index is 900. The van der Waals surface area contributed by atoms with Gasteiger partial charge in [-0.2, -0.15) is 5.10 Å². The minimum Gasteiger partial charge on any atom is -0.334 e. The van der Waals surface area contributed by atoms with E-state index >= 15 is 0 Å². The van der Waals surface area contributed by atoms with Crippen LogP contribution in [0.5, 0.6) is 0 Å². The lowest BCUT2D eigenvalue weighted by Crippen LogP contribution is -2.43. The summed E-state index contributed by atoms with van der Waals surface area (Å²) in [4.78, 5) is 26.8. The Balaban J connectivity index is 1.33. The van der Waals surface area contributed by atoms with E-state index in [2.05, 4.69) is 10.4 Å². The lowest BCUT2D eigenvalue weighted by atomic mass is 10.1. The molecule has 0 saturated heterocycles. The highest BCUT2D eigenvalue weighted by atomic mass is 19.1. The van der Waals surface area contributed by atoms with Gasteiger partial charge in [0, 0.05) is 39.1 Å². The van der Waals surface area contributed by atoms with Crippen molar-refractivity contribution < 1.29 is 9.18 Å². The van der Waals surface area contributed by atoms with Gasteiger partial charge in [0.05, 0.1) is 0 Å². The molecule has 0 radical (unpaired) electrons. The van der Waals surface area contributed by atoms with Crippen LogP contribution in [0.2, 0.25) is 0 Å². The Morgan fingerprint density at radius 2 is 2.00 bits per heavy atom. The maximum Gasteiger partial charge on any atom is 0.345 e. The van der Waals surface area contributed by atoms with E-state index in [0.717, 1.165) is 30.8 Å². The van der Waals surface area contributed by atoms with Crippen LogP contribution < -0.4 is 11.0 Å². The van der Waals surface area contributed by atoms with Crippen molar-refractivity contribution in [1.29, 1.82) is 0 Å². The second kappa shape index (κ2) is 7.77. The molecule has 1 N–H and O–H groups in total. The molecule has 1 aliphatic carbocycles. The molecule has 1 atom stereocenters. The number of halogens is 1. The zero-order valence-electron chi connectivity index (χ0n) is 16.1. The third kappa shape index (κ3) is 4.10. The van der Waals surface area contributed by atoms with E-state index in [9.17, 15) is 14.0 Å². The monoisotopic (exact) mass is 387 g/mol. The van der Waals surface area contributed by atoms with Gasteiger partial charge in [0.1, 0.15) is 11.6 Å². The van der Waals surface area contributed by atoms with E-state index in [4.69, 9.17) is 0 Å². The Kier molecular flexibility index (Phi) is 5.19. The van der Waals surface area contributed by atoms with Crippen molar-refractivity contribution in [2.75, 3.05) is 7.05 Å². The van der Waals surface area contributed by atoms with Crippen molar-refractivity contribution in [2.24, 2.45) is 5.92 Å². The van der Waals surface area contributed by atoms with Crippen LogP contribution in [0.3, 0.4) is 0 Å². The molecule has 2 aromatic rings. The van der Waals surface area contributed by atoms with Crippen LogP contribution in [0.25, 0.3) is 0 Å². The van der Waals surface area contributed by atoms with Crippen molar-refractivity contribution in [3.8, 4) is 0 Å². The first-order valence-electron chi connectivity index (χ1n) is 9.93. The minimum atomic E-state index is -0.292. The van der Waals surface area contributed by atoms with Crippen molar-refractivity contribution in [3.63, 3.8) is 0 Å². The molecule has 4 rings (SSSR count). The number of benzene rings is 1. The van der Waals surface area contributed by atoms with Gasteiger partial charge in [-0.05, 0) is 49.3 Å². The van der Waals surface area contributed by atoms with Crippen LogP contribution in [0.15, 0.2) is 29.1 Å². The van der Waals surface area contributed by atoms with Crippen LogP contribution in [-0.4, -0.2) is 38.4 Å². The number of hydrogen-bond acceptors (Lipinski definition) is 3. The number of nitrogens with zero attached hydrogens (tertiary/aromatic N) is 4. The molecule has 28 heavy (non-hydrogen) atoms. The van der Waals surface area contributed by atoms with Crippen molar-refractivity contribution >= 4 is 6.03 Å². The molecule has 2 heterocycles. The zero-order chi connectivity index (χ0) is 19.7. The average molecular weight is 387 g/mol. The van der Waals surface area contributed by atoms with Crippen LogP contribution in [0, 0.1) is 11.7 Å². The quantitative estimate of drug-likeness (QED) is 0.854. The standard InChI is InChI=1S/C20H26FN5O2/c1-24(19(27)22-12-14-4-6-16(21)7-5-14)17-8-9-18-23-26(13-15-2-3-15)20(28)25(18)11-10-17/h4-7,15,17H,2-3,8-13H2,1H3,(H,22,27). The molecule has 7 nitrogen and oxygen atoms in total. The van der Waals surface area contributed by atoms with Gasteiger partial charge in [-0.1, -0.05) is 12.1 Å². The molecule has 1 aromatic carbocycles. The van der Waals surface area contributed by atoms with Gasteiger partial charge in [0.2, 0.25) is 0 Å². The molecule has 1 aliphatic heterocycles. The van der Waals surface area contributed by atoms with Gasteiger partial charge < -0.3 is 10.2 Å². The predicted octanol–water partition coefficient (Wildman–Crippen LogP) is 2.14.